The van der Waals surface area contributed by atoms with Crippen molar-refractivity contribution in [3.05, 3.63) is 52.8 Å². The third kappa shape index (κ3) is 4.04. The number of methoxy groups -OCH3 is 1. The molecule has 6 nitrogen and oxygen atoms in total. The molecule has 2 aromatic rings. The van der Waals surface area contributed by atoms with Crippen LogP contribution < -0.4 is 14.8 Å². The number of benzene rings is 2. The third-order valence-corrected chi connectivity index (χ3v) is 6.52. The number of hydrogen-bond donors (Lipinski definition) is 1. The zero-order chi connectivity index (χ0) is 23.8. The molecule has 0 bridgehead atoms. The van der Waals surface area contributed by atoms with E-state index in [0.717, 1.165) is 24.3 Å². The number of nitrogens with one attached hydrogen (secondary N) is 1. The second-order valence-corrected chi connectivity index (χ2v) is 8.48. The van der Waals surface area contributed by atoms with Crippen molar-refractivity contribution in [1.82, 2.24) is 4.90 Å². The summed E-state index contributed by atoms with van der Waals surface area (Å²) in [6.07, 6.45) is -1.31. The average molecular weight is 480 g/mol. The van der Waals surface area contributed by atoms with Crippen LogP contribution >= 0.6 is 11.6 Å². The van der Waals surface area contributed by atoms with E-state index in [1.807, 2.05) is 0 Å². The van der Waals surface area contributed by atoms with Gasteiger partial charge in [-0.25, -0.2) is 4.39 Å². The molecule has 33 heavy (non-hydrogen) atoms. The SMILES string of the molecule is COc1cc2c(cc1Cl)NCC(C(=O)N1CCC(C#N)(C(F)(F)c3ccc(F)cc3)CC1)O2. The van der Waals surface area contributed by atoms with Crippen LogP contribution in [0.5, 0.6) is 11.5 Å². The first kappa shape index (κ1) is 23.1. The van der Waals surface area contributed by atoms with Crippen molar-refractivity contribution >= 4 is 23.2 Å². The fraction of sp³-hybridized carbons (Fsp3) is 0.391. The van der Waals surface area contributed by atoms with E-state index in [2.05, 4.69) is 5.32 Å². The highest BCUT2D eigenvalue weighted by atomic mass is 35.5. The van der Waals surface area contributed by atoms with Crippen LogP contribution in [0.15, 0.2) is 36.4 Å². The lowest BCUT2D eigenvalue weighted by atomic mass is 9.72. The zero-order valence-corrected chi connectivity index (χ0v) is 18.5. The van der Waals surface area contributed by atoms with Crippen LogP contribution in [0.1, 0.15) is 18.4 Å². The minimum atomic E-state index is -3.50. The lowest BCUT2D eigenvalue weighted by Crippen LogP contribution is -2.53. The maximum Gasteiger partial charge on any atom is 0.291 e. The molecule has 0 aliphatic carbocycles. The number of ether oxygens (including phenoxy) is 2. The summed E-state index contributed by atoms with van der Waals surface area (Å²) in [5, 5.41) is 13.2. The summed E-state index contributed by atoms with van der Waals surface area (Å²) in [5.74, 6) is -3.71. The van der Waals surface area contributed by atoms with E-state index in [-0.39, 0.29) is 38.4 Å². The van der Waals surface area contributed by atoms with Gasteiger partial charge in [0.05, 0.1) is 30.4 Å². The summed E-state index contributed by atoms with van der Waals surface area (Å²) in [6.45, 7) is 0.125. The van der Waals surface area contributed by atoms with Gasteiger partial charge in [0, 0.05) is 24.7 Å². The number of piperidine rings is 1. The lowest BCUT2D eigenvalue weighted by Gasteiger charge is -2.42. The number of alkyl halides is 2. The first-order chi connectivity index (χ1) is 15.7. The summed E-state index contributed by atoms with van der Waals surface area (Å²) in [6, 6.07) is 8.87. The average Bonchev–Trinajstić information content (AvgIpc) is 2.83. The van der Waals surface area contributed by atoms with Crippen LogP contribution in [0.25, 0.3) is 0 Å². The molecule has 2 aliphatic rings. The Balaban J connectivity index is 1.46. The van der Waals surface area contributed by atoms with Gasteiger partial charge in [-0.15, -0.1) is 0 Å². The molecule has 0 spiro atoms. The predicted octanol–water partition coefficient (Wildman–Crippen LogP) is 4.58. The van der Waals surface area contributed by atoms with E-state index in [0.29, 0.717) is 22.2 Å². The number of likely N-dealkylation sites (tertiary alicyclic amines) is 1. The molecule has 1 atom stereocenters. The quantitative estimate of drug-likeness (QED) is 0.694. The van der Waals surface area contributed by atoms with Crippen LogP contribution in [0, 0.1) is 22.6 Å². The molecule has 4 rings (SSSR count). The standard InChI is InChI=1S/C23H21ClF3N3O3/c1-32-18-11-19-17(10-16(18)24)29-12-20(33-19)21(31)30-8-6-22(13-28,7-9-30)23(26,27)14-2-4-15(25)5-3-14/h2-5,10-11,20,29H,6-9,12H2,1H3. The number of nitriles is 1. The number of amides is 1. The van der Waals surface area contributed by atoms with E-state index in [9.17, 15) is 14.4 Å². The summed E-state index contributed by atoms with van der Waals surface area (Å²) in [5.41, 5.74) is -1.80. The Morgan fingerprint density at radius 2 is 1.97 bits per heavy atom. The third-order valence-electron chi connectivity index (χ3n) is 6.23. The highest BCUT2D eigenvalue weighted by Crippen LogP contribution is 2.51. The first-order valence-electron chi connectivity index (χ1n) is 10.3. The molecule has 10 heteroatoms. The molecule has 174 valence electrons. The molecule has 2 aromatic carbocycles. The molecule has 1 fully saturated rings. The zero-order valence-electron chi connectivity index (χ0n) is 17.7. The monoisotopic (exact) mass is 479 g/mol. The number of hydrogen-bond acceptors (Lipinski definition) is 5. The van der Waals surface area contributed by atoms with E-state index in [1.54, 1.807) is 18.2 Å². The van der Waals surface area contributed by atoms with E-state index < -0.39 is 28.8 Å². The highest BCUT2D eigenvalue weighted by Gasteiger charge is 2.57. The largest absolute Gasteiger partial charge is 0.495 e. The van der Waals surface area contributed by atoms with Crippen LogP contribution in [0.2, 0.25) is 5.02 Å². The number of rotatable bonds is 4. The van der Waals surface area contributed by atoms with Crippen LogP contribution in [0.3, 0.4) is 0 Å². The van der Waals surface area contributed by atoms with Gasteiger partial charge in [-0.1, -0.05) is 23.7 Å². The van der Waals surface area contributed by atoms with Gasteiger partial charge in [0.15, 0.2) is 6.10 Å². The van der Waals surface area contributed by atoms with Gasteiger partial charge in [-0.2, -0.15) is 14.0 Å². The number of anilines is 1. The van der Waals surface area contributed by atoms with E-state index in [4.69, 9.17) is 21.1 Å². The van der Waals surface area contributed by atoms with Crippen LogP contribution in [-0.2, 0) is 10.7 Å². The Kier molecular flexibility index (Phi) is 6.06. The van der Waals surface area contributed by atoms with Gasteiger partial charge in [-0.3, -0.25) is 4.79 Å². The van der Waals surface area contributed by atoms with Crippen LogP contribution in [-0.4, -0.2) is 43.7 Å². The molecule has 0 saturated carbocycles. The van der Waals surface area contributed by atoms with Crippen molar-refractivity contribution in [2.45, 2.75) is 24.9 Å². The van der Waals surface area contributed by atoms with E-state index >= 15 is 8.78 Å². The molecule has 2 aliphatic heterocycles. The minimum Gasteiger partial charge on any atom is -0.495 e. The molecule has 1 unspecified atom stereocenters. The Morgan fingerprint density at radius 1 is 1.30 bits per heavy atom. The lowest BCUT2D eigenvalue weighted by molar-refractivity contribution is -0.150. The first-order valence-corrected chi connectivity index (χ1v) is 10.7. The Morgan fingerprint density at radius 3 is 2.58 bits per heavy atom. The normalized spacial score (nSPS) is 19.5. The summed E-state index contributed by atoms with van der Waals surface area (Å²) >= 11 is 6.11. The van der Waals surface area contributed by atoms with Crippen molar-refractivity contribution in [2.24, 2.45) is 5.41 Å². The maximum atomic E-state index is 15.3. The topological polar surface area (TPSA) is 74.6 Å². The molecule has 1 amide bonds. The number of fused-ring (bicyclic) bond motifs is 1. The number of nitrogens with zero attached hydrogens (tertiary/aromatic N) is 2. The minimum absolute atomic E-state index is 0.0279. The van der Waals surface area contributed by atoms with Gasteiger partial charge in [-0.05, 0) is 31.0 Å². The molecule has 1 saturated heterocycles. The highest BCUT2D eigenvalue weighted by molar-refractivity contribution is 6.32. The van der Waals surface area contributed by atoms with Crippen molar-refractivity contribution in [2.75, 3.05) is 32.1 Å². The fourth-order valence-electron chi connectivity index (χ4n) is 4.21. The Bertz CT molecular complexity index is 1100. The summed E-state index contributed by atoms with van der Waals surface area (Å²) < 4.78 is 54.7. The van der Waals surface area contributed by atoms with Gasteiger partial charge < -0.3 is 19.7 Å². The molecule has 1 N–H and O–H groups in total. The smallest absolute Gasteiger partial charge is 0.291 e. The summed E-state index contributed by atoms with van der Waals surface area (Å²) in [4.78, 5) is 14.5. The number of carbonyl (C=O) groups excluding carboxylic acids is 1. The van der Waals surface area contributed by atoms with Gasteiger partial charge in [0.25, 0.3) is 11.8 Å². The fourth-order valence-corrected chi connectivity index (χ4v) is 4.45. The van der Waals surface area contributed by atoms with E-state index in [1.165, 1.54) is 12.0 Å². The molecule has 0 radical (unpaired) electrons. The number of carbonyl (C=O) groups is 1. The van der Waals surface area contributed by atoms with Crippen molar-refractivity contribution in [3.8, 4) is 17.6 Å². The molecule has 2 heterocycles. The van der Waals surface area contributed by atoms with Crippen molar-refractivity contribution in [3.63, 3.8) is 0 Å². The predicted molar refractivity (Wildman–Crippen MR) is 115 cm³/mol. The summed E-state index contributed by atoms with van der Waals surface area (Å²) in [7, 11) is 1.46. The van der Waals surface area contributed by atoms with Gasteiger partial charge in [0.1, 0.15) is 22.7 Å². The second-order valence-electron chi connectivity index (χ2n) is 8.07. The Hall–Kier alpha value is -3.12. The van der Waals surface area contributed by atoms with Crippen LogP contribution in [0.4, 0.5) is 18.9 Å². The van der Waals surface area contributed by atoms with Gasteiger partial charge in [0.2, 0.25) is 0 Å². The second kappa shape index (κ2) is 8.67. The maximum absolute atomic E-state index is 15.3. The number of halogens is 4. The van der Waals surface area contributed by atoms with Crippen molar-refractivity contribution < 1.29 is 27.4 Å². The molecule has 0 aromatic heterocycles. The van der Waals surface area contributed by atoms with Gasteiger partial charge >= 0.3 is 0 Å². The molecular weight excluding hydrogens is 459 g/mol. The van der Waals surface area contributed by atoms with Crippen molar-refractivity contribution in [1.29, 1.82) is 5.26 Å². The Labute approximate surface area is 193 Å². The molecular formula is C23H21ClF3N3O3.